The minimum absolute atomic E-state index is 0.578. The van der Waals surface area contributed by atoms with E-state index in [4.69, 9.17) is 5.73 Å². The molecule has 0 radical (unpaired) electrons. The molecule has 0 atom stereocenters. The summed E-state index contributed by atoms with van der Waals surface area (Å²) in [4.78, 5) is 4.52. The Morgan fingerprint density at radius 1 is 1.10 bits per heavy atom. The Kier molecular flexibility index (Phi) is 2.74. The summed E-state index contributed by atoms with van der Waals surface area (Å²) in [6.07, 6.45) is 4.86. The molecule has 2 aromatic carbocycles. The van der Waals surface area contributed by atoms with Gasteiger partial charge in [-0.15, -0.1) is 0 Å². The van der Waals surface area contributed by atoms with Crippen molar-refractivity contribution in [2.45, 2.75) is 32.6 Å². The van der Waals surface area contributed by atoms with Gasteiger partial charge >= 0.3 is 0 Å². The molecule has 0 bridgehead atoms. The van der Waals surface area contributed by atoms with Gasteiger partial charge in [0.15, 0.2) is 0 Å². The third kappa shape index (κ3) is 1.92. The van der Waals surface area contributed by atoms with E-state index in [2.05, 4.69) is 46.8 Å². The fourth-order valence-electron chi connectivity index (χ4n) is 3.43. The first-order valence-corrected chi connectivity index (χ1v) is 7.60. The Labute approximate surface area is 124 Å². The van der Waals surface area contributed by atoms with Gasteiger partial charge in [-0.2, -0.15) is 0 Å². The van der Waals surface area contributed by atoms with Crippen molar-refractivity contribution in [3.05, 3.63) is 53.1 Å². The maximum Gasteiger partial charge on any atom is 0.205 e. The molecule has 0 spiro atoms. The zero-order valence-electron chi connectivity index (χ0n) is 12.3. The molecular formula is C18H19N3. The third-order valence-electron chi connectivity index (χ3n) is 4.45. The summed E-state index contributed by atoms with van der Waals surface area (Å²) in [6, 6.07) is 12.9. The van der Waals surface area contributed by atoms with Crippen LogP contribution >= 0.6 is 0 Å². The molecule has 0 saturated heterocycles. The van der Waals surface area contributed by atoms with Crippen LogP contribution in [-0.4, -0.2) is 9.55 Å². The van der Waals surface area contributed by atoms with Gasteiger partial charge in [-0.3, -0.25) is 4.57 Å². The standard InChI is InChI=1S/C18H19N3/c1-12-9-10-15-17(11-12)21(18(19)20-15)16-8-4-6-13-5-2-3-7-14(13)16/h4,6,8-11H,2-3,5,7H2,1H3,(H2,19,20). The second-order valence-corrected chi connectivity index (χ2v) is 5.92. The lowest BCUT2D eigenvalue weighted by Crippen LogP contribution is -2.09. The van der Waals surface area contributed by atoms with Crippen LogP contribution in [0.4, 0.5) is 5.95 Å². The quantitative estimate of drug-likeness (QED) is 0.735. The lowest BCUT2D eigenvalue weighted by Gasteiger charge is -2.20. The van der Waals surface area contributed by atoms with Gasteiger partial charge in [0.1, 0.15) is 0 Å². The molecule has 1 aromatic heterocycles. The molecule has 0 aliphatic heterocycles. The molecule has 2 N–H and O–H groups in total. The number of aromatic nitrogens is 2. The van der Waals surface area contributed by atoms with Crippen molar-refractivity contribution in [1.82, 2.24) is 9.55 Å². The predicted molar refractivity (Wildman–Crippen MR) is 86.9 cm³/mol. The number of benzene rings is 2. The van der Waals surface area contributed by atoms with Crippen molar-refractivity contribution in [1.29, 1.82) is 0 Å². The molecule has 3 aromatic rings. The number of nitrogen functional groups attached to an aromatic ring is 1. The normalized spacial score (nSPS) is 14.3. The maximum absolute atomic E-state index is 6.22. The Morgan fingerprint density at radius 3 is 2.86 bits per heavy atom. The van der Waals surface area contributed by atoms with Crippen LogP contribution in [0.1, 0.15) is 29.5 Å². The van der Waals surface area contributed by atoms with E-state index >= 15 is 0 Å². The molecule has 0 saturated carbocycles. The number of nitrogens with zero attached hydrogens (tertiary/aromatic N) is 2. The first-order valence-electron chi connectivity index (χ1n) is 7.60. The van der Waals surface area contributed by atoms with Crippen LogP contribution in [0.25, 0.3) is 16.7 Å². The van der Waals surface area contributed by atoms with E-state index in [1.165, 1.54) is 41.6 Å². The lowest BCUT2D eigenvalue weighted by atomic mass is 9.90. The summed E-state index contributed by atoms with van der Waals surface area (Å²) in [6.45, 7) is 2.10. The number of anilines is 1. The highest BCUT2D eigenvalue weighted by Crippen LogP contribution is 2.31. The molecule has 0 unspecified atom stereocenters. The topological polar surface area (TPSA) is 43.8 Å². The molecule has 1 aliphatic carbocycles. The molecule has 3 heteroatoms. The van der Waals surface area contributed by atoms with Crippen molar-refractivity contribution in [3.8, 4) is 5.69 Å². The van der Waals surface area contributed by atoms with Crippen molar-refractivity contribution in [3.63, 3.8) is 0 Å². The molecule has 0 fully saturated rings. The predicted octanol–water partition coefficient (Wildman–Crippen LogP) is 3.79. The van der Waals surface area contributed by atoms with Crippen molar-refractivity contribution in [2.24, 2.45) is 0 Å². The Balaban J connectivity index is 2.03. The average Bonchev–Trinajstić information content (AvgIpc) is 2.82. The highest BCUT2D eigenvalue weighted by Gasteiger charge is 2.17. The van der Waals surface area contributed by atoms with Gasteiger partial charge in [0, 0.05) is 0 Å². The Bertz CT molecular complexity index is 830. The van der Waals surface area contributed by atoms with Gasteiger partial charge in [0.05, 0.1) is 16.7 Å². The van der Waals surface area contributed by atoms with Gasteiger partial charge in [-0.25, -0.2) is 4.98 Å². The zero-order chi connectivity index (χ0) is 14.4. The maximum atomic E-state index is 6.22. The molecule has 1 aliphatic rings. The van der Waals surface area contributed by atoms with Crippen molar-refractivity contribution < 1.29 is 0 Å². The van der Waals surface area contributed by atoms with Crippen LogP contribution in [0.5, 0.6) is 0 Å². The van der Waals surface area contributed by atoms with Crippen molar-refractivity contribution >= 4 is 17.0 Å². The lowest BCUT2D eigenvalue weighted by molar-refractivity contribution is 0.682. The number of nitrogens with two attached hydrogens (primary N) is 1. The first kappa shape index (κ1) is 12.5. The van der Waals surface area contributed by atoms with E-state index in [9.17, 15) is 0 Å². The van der Waals surface area contributed by atoms with Crippen molar-refractivity contribution in [2.75, 3.05) is 5.73 Å². The molecule has 21 heavy (non-hydrogen) atoms. The monoisotopic (exact) mass is 277 g/mol. The molecule has 106 valence electrons. The van der Waals surface area contributed by atoms with Crippen LogP contribution in [0.2, 0.25) is 0 Å². The van der Waals surface area contributed by atoms with Gasteiger partial charge in [0.2, 0.25) is 5.95 Å². The van der Waals surface area contributed by atoms with E-state index in [1.807, 2.05) is 6.07 Å². The number of imidazole rings is 1. The fourth-order valence-corrected chi connectivity index (χ4v) is 3.43. The van der Waals surface area contributed by atoms with Crippen LogP contribution < -0.4 is 5.73 Å². The van der Waals surface area contributed by atoms with Gasteiger partial charge in [-0.05, 0) is 67.5 Å². The van der Waals surface area contributed by atoms with Crippen LogP contribution in [0.3, 0.4) is 0 Å². The van der Waals surface area contributed by atoms with E-state index in [-0.39, 0.29) is 0 Å². The first-order chi connectivity index (χ1) is 10.2. The molecule has 3 nitrogen and oxygen atoms in total. The van der Waals surface area contributed by atoms with E-state index in [0.717, 1.165) is 17.5 Å². The number of hydrogen-bond donors (Lipinski definition) is 1. The van der Waals surface area contributed by atoms with E-state index < -0.39 is 0 Å². The summed E-state index contributed by atoms with van der Waals surface area (Å²) in [5.74, 6) is 0.578. The number of fused-ring (bicyclic) bond motifs is 2. The van der Waals surface area contributed by atoms with Gasteiger partial charge in [0.25, 0.3) is 0 Å². The number of rotatable bonds is 1. The number of aryl methyl sites for hydroxylation is 2. The molecular weight excluding hydrogens is 258 g/mol. The van der Waals surface area contributed by atoms with Crippen LogP contribution in [0.15, 0.2) is 36.4 Å². The smallest absolute Gasteiger partial charge is 0.205 e. The molecule has 4 rings (SSSR count). The van der Waals surface area contributed by atoms with Crippen LogP contribution in [0, 0.1) is 6.92 Å². The minimum atomic E-state index is 0.578. The van der Waals surface area contributed by atoms with Crippen LogP contribution in [-0.2, 0) is 12.8 Å². The highest BCUT2D eigenvalue weighted by molar-refractivity contribution is 5.82. The Morgan fingerprint density at radius 2 is 1.95 bits per heavy atom. The Hall–Kier alpha value is -2.29. The summed E-state index contributed by atoms with van der Waals surface area (Å²) < 4.78 is 2.12. The summed E-state index contributed by atoms with van der Waals surface area (Å²) in [5, 5.41) is 0. The third-order valence-corrected chi connectivity index (χ3v) is 4.45. The van der Waals surface area contributed by atoms with Gasteiger partial charge < -0.3 is 5.73 Å². The second-order valence-electron chi connectivity index (χ2n) is 5.92. The van der Waals surface area contributed by atoms with Gasteiger partial charge in [-0.1, -0.05) is 18.2 Å². The summed E-state index contributed by atoms with van der Waals surface area (Å²) >= 11 is 0. The zero-order valence-corrected chi connectivity index (χ0v) is 12.3. The second kappa shape index (κ2) is 4.62. The largest absolute Gasteiger partial charge is 0.369 e. The number of hydrogen-bond acceptors (Lipinski definition) is 2. The SMILES string of the molecule is Cc1ccc2nc(N)n(-c3cccc4c3CCCC4)c2c1. The van der Waals surface area contributed by atoms with E-state index in [1.54, 1.807) is 0 Å². The summed E-state index contributed by atoms with van der Waals surface area (Å²) in [7, 11) is 0. The fraction of sp³-hybridized carbons (Fsp3) is 0.278. The minimum Gasteiger partial charge on any atom is -0.369 e. The summed E-state index contributed by atoms with van der Waals surface area (Å²) in [5.41, 5.74) is 13.6. The van der Waals surface area contributed by atoms with E-state index in [0.29, 0.717) is 5.95 Å². The average molecular weight is 277 g/mol. The highest BCUT2D eigenvalue weighted by atomic mass is 15.2. The molecule has 1 heterocycles. The molecule has 0 amide bonds.